The van der Waals surface area contributed by atoms with Crippen molar-refractivity contribution in [2.75, 3.05) is 20.8 Å². The van der Waals surface area contributed by atoms with Crippen molar-refractivity contribution in [3.05, 3.63) is 23.3 Å². The third kappa shape index (κ3) is 3.35. The highest BCUT2D eigenvalue weighted by Gasteiger charge is 2.13. The van der Waals surface area contributed by atoms with Gasteiger partial charge >= 0.3 is 0 Å². The Morgan fingerprint density at radius 3 is 2.35 bits per heavy atom. The van der Waals surface area contributed by atoms with Crippen LogP contribution < -0.4 is 15.4 Å². The number of rotatable bonds is 6. The van der Waals surface area contributed by atoms with Crippen LogP contribution in [0.5, 0.6) is 11.5 Å². The maximum absolute atomic E-state index is 5.38. The van der Waals surface area contributed by atoms with Crippen LogP contribution in [0.15, 0.2) is 12.1 Å². The van der Waals surface area contributed by atoms with E-state index < -0.39 is 0 Å². The Morgan fingerprint density at radius 1 is 1.18 bits per heavy atom. The Hall–Kier alpha value is -1.26. The molecule has 0 spiro atoms. The van der Waals surface area contributed by atoms with Gasteiger partial charge in [0.1, 0.15) is 0 Å². The van der Waals surface area contributed by atoms with E-state index in [1.165, 1.54) is 5.56 Å². The SMILES string of the molecule is COc1cc(C(C)C)cc(CCON)c1OC. The molecule has 1 rings (SSSR count). The molecule has 0 unspecified atom stereocenters. The second-order valence-corrected chi connectivity index (χ2v) is 4.19. The Morgan fingerprint density at radius 2 is 1.88 bits per heavy atom. The molecule has 0 aliphatic carbocycles. The first-order valence-electron chi connectivity index (χ1n) is 5.70. The minimum absolute atomic E-state index is 0.437. The largest absolute Gasteiger partial charge is 0.493 e. The molecule has 0 heterocycles. The summed E-state index contributed by atoms with van der Waals surface area (Å²) >= 11 is 0. The van der Waals surface area contributed by atoms with Crippen LogP contribution in [0.25, 0.3) is 0 Å². The Bertz CT molecular complexity index is 364. The molecular weight excluding hydrogens is 218 g/mol. The summed E-state index contributed by atoms with van der Waals surface area (Å²) in [6, 6.07) is 4.13. The molecule has 17 heavy (non-hydrogen) atoms. The van der Waals surface area contributed by atoms with Gasteiger partial charge < -0.3 is 14.3 Å². The van der Waals surface area contributed by atoms with Crippen molar-refractivity contribution < 1.29 is 14.3 Å². The fourth-order valence-corrected chi connectivity index (χ4v) is 1.75. The lowest BCUT2D eigenvalue weighted by molar-refractivity contribution is 0.140. The van der Waals surface area contributed by atoms with Crippen LogP contribution in [-0.2, 0) is 11.3 Å². The van der Waals surface area contributed by atoms with E-state index in [0.717, 1.165) is 17.1 Å². The first-order valence-corrected chi connectivity index (χ1v) is 5.70. The first kappa shape index (κ1) is 13.8. The second kappa shape index (κ2) is 6.47. The summed E-state index contributed by atoms with van der Waals surface area (Å²) in [4.78, 5) is 4.62. The van der Waals surface area contributed by atoms with Crippen molar-refractivity contribution in [1.29, 1.82) is 0 Å². The van der Waals surface area contributed by atoms with Crippen LogP contribution in [0.3, 0.4) is 0 Å². The van der Waals surface area contributed by atoms with Crippen molar-refractivity contribution in [2.45, 2.75) is 26.2 Å². The molecule has 1 aromatic rings. The molecule has 0 amide bonds. The van der Waals surface area contributed by atoms with E-state index in [1.54, 1.807) is 14.2 Å². The summed E-state index contributed by atoms with van der Waals surface area (Å²) in [7, 11) is 3.28. The maximum Gasteiger partial charge on any atom is 0.164 e. The van der Waals surface area contributed by atoms with Crippen LogP contribution in [0, 0.1) is 0 Å². The quantitative estimate of drug-likeness (QED) is 0.774. The summed E-state index contributed by atoms with van der Waals surface area (Å²) in [5.41, 5.74) is 2.27. The fraction of sp³-hybridized carbons (Fsp3) is 0.538. The van der Waals surface area contributed by atoms with Crippen molar-refractivity contribution in [3.63, 3.8) is 0 Å². The van der Waals surface area contributed by atoms with Crippen LogP contribution in [0.1, 0.15) is 30.9 Å². The molecule has 0 saturated carbocycles. The van der Waals surface area contributed by atoms with Crippen molar-refractivity contribution in [3.8, 4) is 11.5 Å². The zero-order valence-corrected chi connectivity index (χ0v) is 10.9. The monoisotopic (exact) mass is 239 g/mol. The molecule has 4 heteroatoms. The van der Waals surface area contributed by atoms with Crippen LogP contribution >= 0.6 is 0 Å². The fourth-order valence-electron chi connectivity index (χ4n) is 1.75. The van der Waals surface area contributed by atoms with Gasteiger partial charge in [0.15, 0.2) is 11.5 Å². The van der Waals surface area contributed by atoms with Crippen molar-refractivity contribution in [1.82, 2.24) is 0 Å². The second-order valence-electron chi connectivity index (χ2n) is 4.19. The van der Waals surface area contributed by atoms with Gasteiger partial charge in [0.2, 0.25) is 0 Å². The molecule has 0 fully saturated rings. The standard InChI is InChI=1S/C13H21NO3/c1-9(2)11-7-10(5-6-17-14)13(16-4)12(8-11)15-3/h7-9H,5-6,14H2,1-4H3. The Kier molecular flexibility index (Phi) is 5.25. The Labute approximate surface area is 103 Å². The first-order chi connectivity index (χ1) is 8.13. The zero-order valence-electron chi connectivity index (χ0n) is 10.9. The van der Waals surface area contributed by atoms with Gasteiger partial charge in [0, 0.05) is 12.0 Å². The number of benzene rings is 1. The van der Waals surface area contributed by atoms with Gasteiger partial charge in [-0.1, -0.05) is 19.9 Å². The summed E-state index contributed by atoms with van der Waals surface area (Å²) in [5.74, 6) is 7.02. The van der Waals surface area contributed by atoms with Gasteiger partial charge in [-0.25, -0.2) is 5.90 Å². The summed E-state index contributed by atoms with van der Waals surface area (Å²) in [6.07, 6.45) is 0.705. The van der Waals surface area contributed by atoms with Crippen LogP contribution in [-0.4, -0.2) is 20.8 Å². The van der Waals surface area contributed by atoms with E-state index in [-0.39, 0.29) is 0 Å². The van der Waals surface area contributed by atoms with Gasteiger partial charge in [-0.2, -0.15) is 0 Å². The van der Waals surface area contributed by atoms with Gasteiger partial charge in [0.05, 0.1) is 20.8 Å². The minimum Gasteiger partial charge on any atom is -0.493 e. The highest BCUT2D eigenvalue weighted by molar-refractivity contribution is 5.50. The smallest absolute Gasteiger partial charge is 0.164 e. The van der Waals surface area contributed by atoms with Gasteiger partial charge in [0.25, 0.3) is 0 Å². The molecule has 0 aliphatic rings. The summed E-state index contributed by atoms with van der Waals surface area (Å²) in [5, 5.41) is 0. The van der Waals surface area contributed by atoms with Crippen LogP contribution in [0.4, 0.5) is 0 Å². The predicted octanol–water partition coefficient (Wildman–Crippen LogP) is 2.26. The number of hydrogen-bond acceptors (Lipinski definition) is 4. The zero-order chi connectivity index (χ0) is 12.8. The predicted molar refractivity (Wildman–Crippen MR) is 67.5 cm³/mol. The third-order valence-corrected chi connectivity index (χ3v) is 2.73. The van der Waals surface area contributed by atoms with E-state index in [1.807, 2.05) is 6.07 Å². The number of nitrogens with two attached hydrogens (primary N) is 1. The molecule has 2 N–H and O–H groups in total. The normalized spacial score (nSPS) is 10.7. The molecule has 0 aromatic heterocycles. The number of methoxy groups -OCH3 is 2. The van der Waals surface area contributed by atoms with E-state index >= 15 is 0 Å². The highest BCUT2D eigenvalue weighted by atomic mass is 16.6. The molecule has 0 aliphatic heterocycles. The van der Waals surface area contributed by atoms with E-state index in [0.29, 0.717) is 18.9 Å². The lowest BCUT2D eigenvalue weighted by atomic mass is 9.98. The van der Waals surface area contributed by atoms with E-state index in [2.05, 4.69) is 24.8 Å². The number of ether oxygens (including phenoxy) is 2. The molecule has 96 valence electrons. The van der Waals surface area contributed by atoms with E-state index in [9.17, 15) is 0 Å². The van der Waals surface area contributed by atoms with Gasteiger partial charge in [-0.05, 0) is 17.5 Å². The molecule has 0 atom stereocenters. The third-order valence-electron chi connectivity index (χ3n) is 2.73. The van der Waals surface area contributed by atoms with Crippen molar-refractivity contribution in [2.24, 2.45) is 5.90 Å². The molecule has 0 saturated heterocycles. The highest BCUT2D eigenvalue weighted by Crippen LogP contribution is 2.35. The summed E-state index contributed by atoms with van der Waals surface area (Å²) in [6.45, 7) is 4.75. The molecule has 0 radical (unpaired) electrons. The van der Waals surface area contributed by atoms with Crippen LogP contribution in [0.2, 0.25) is 0 Å². The maximum atomic E-state index is 5.38. The lowest BCUT2D eigenvalue weighted by Crippen LogP contribution is -2.06. The topological polar surface area (TPSA) is 53.7 Å². The Balaban J connectivity index is 3.17. The van der Waals surface area contributed by atoms with E-state index in [4.69, 9.17) is 15.4 Å². The average molecular weight is 239 g/mol. The van der Waals surface area contributed by atoms with Crippen molar-refractivity contribution >= 4 is 0 Å². The summed E-state index contributed by atoms with van der Waals surface area (Å²) < 4.78 is 10.7. The minimum atomic E-state index is 0.437. The molecule has 1 aromatic carbocycles. The van der Waals surface area contributed by atoms with Gasteiger partial charge in [-0.15, -0.1) is 0 Å². The lowest BCUT2D eigenvalue weighted by Gasteiger charge is -2.16. The number of hydrogen-bond donors (Lipinski definition) is 1. The molecule has 0 bridgehead atoms. The molecule has 4 nitrogen and oxygen atoms in total. The molecular formula is C13H21NO3. The van der Waals surface area contributed by atoms with Gasteiger partial charge in [-0.3, -0.25) is 0 Å². The average Bonchev–Trinajstić information content (AvgIpc) is 2.34.